The van der Waals surface area contributed by atoms with Crippen LogP contribution >= 0.6 is 15.9 Å². The van der Waals surface area contributed by atoms with Crippen molar-refractivity contribution in [3.8, 4) is 6.07 Å². The summed E-state index contributed by atoms with van der Waals surface area (Å²) in [4.78, 5) is 26.9. The number of benzene rings is 2. The molecule has 3 aliphatic rings. The van der Waals surface area contributed by atoms with Gasteiger partial charge in [-0.2, -0.15) is 5.26 Å². The quantitative estimate of drug-likeness (QED) is 0.503. The Morgan fingerprint density at radius 3 is 2.66 bits per heavy atom. The minimum atomic E-state index is -1.51. The number of hydrogen-bond acceptors (Lipinski definition) is 7. The summed E-state index contributed by atoms with van der Waals surface area (Å²) in [5.41, 5.74) is 12.7. The van der Waals surface area contributed by atoms with Gasteiger partial charge in [0.1, 0.15) is 23.6 Å². The molecular weight excluding hydrogens is 478 g/mol. The molecule has 1 fully saturated rings. The second-order valence-electron chi connectivity index (χ2n) is 7.84. The maximum Gasteiger partial charge on any atom is 0.323 e. The van der Waals surface area contributed by atoms with Gasteiger partial charge in [0, 0.05) is 10.2 Å². The van der Waals surface area contributed by atoms with Gasteiger partial charge in [0.05, 0.1) is 12.0 Å². The van der Waals surface area contributed by atoms with E-state index >= 15 is 0 Å². The van der Waals surface area contributed by atoms with Gasteiger partial charge >= 0.3 is 5.97 Å². The number of carbonyl (C=O) groups is 2. The lowest BCUT2D eigenvalue weighted by atomic mass is 9.62. The number of carbonyl (C=O) groups excluding carboxylic acids is 1. The third-order valence-electron chi connectivity index (χ3n) is 6.30. The molecule has 0 aromatic heterocycles. The molecule has 9 nitrogen and oxygen atoms in total. The van der Waals surface area contributed by atoms with E-state index < -0.39 is 42.0 Å². The van der Waals surface area contributed by atoms with Crippen LogP contribution in [0.25, 0.3) is 0 Å². The van der Waals surface area contributed by atoms with Gasteiger partial charge in [0.2, 0.25) is 11.8 Å². The number of nitrogens with zero attached hydrogens (tertiary/aromatic N) is 2. The maximum absolute atomic E-state index is 14.1. The second kappa shape index (κ2) is 7.34. The Balaban J connectivity index is 1.77. The lowest BCUT2D eigenvalue weighted by Crippen LogP contribution is -2.56. The highest BCUT2D eigenvalue weighted by Gasteiger charge is 2.67. The van der Waals surface area contributed by atoms with Gasteiger partial charge in [-0.05, 0) is 29.3 Å². The highest BCUT2D eigenvalue weighted by atomic mass is 79.9. The predicted molar refractivity (Wildman–Crippen MR) is 116 cm³/mol. The highest BCUT2D eigenvalue weighted by molar-refractivity contribution is 9.10. The number of para-hydroxylation sites is 1. The Morgan fingerprint density at radius 2 is 1.97 bits per heavy atom. The fraction of sp³-hybridized carbons (Fsp3) is 0.227. The van der Waals surface area contributed by atoms with Crippen molar-refractivity contribution in [2.24, 2.45) is 11.7 Å². The number of rotatable bonds is 3. The third kappa shape index (κ3) is 2.69. The molecule has 162 valence electrons. The Morgan fingerprint density at radius 1 is 1.25 bits per heavy atom. The second-order valence-corrected chi connectivity index (χ2v) is 8.76. The molecule has 5 rings (SSSR count). The zero-order chi connectivity index (χ0) is 22.6. The molecule has 32 heavy (non-hydrogen) atoms. The molecule has 0 saturated carbocycles. The third-order valence-corrected chi connectivity index (χ3v) is 6.83. The minimum absolute atomic E-state index is 0.0169. The number of anilines is 1. The number of nitriles is 1. The van der Waals surface area contributed by atoms with Gasteiger partial charge in [-0.3, -0.25) is 14.5 Å². The summed E-state index contributed by atoms with van der Waals surface area (Å²) >= 11 is 3.43. The first-order chi connectivity index (χ1) is 15.4. The highest BCUT2D eigenvalue weighted by Crippen LogP contribution is 2.58. The average molecular weight is 496 g/mol. The fourth-order valence-corrected chi connectivity index (χ4v) is 5.37. The van der Waals surface area contributed by atoms with Crippen molar-refractivity contribution in [3.05, 3.63) is 75.6 Å². The Hall–Kier alpha value is -3.39. The molecule has 4 unspecified atom stereocenters. The molecule has 2 aromatic rings. The number of carboxylic acids is 1. The van der Waals surface area contributed by atoms with E-state index in [1.165, 1.54) is 4.90 Å². The minimum Gasteiger partial charge on any atom is -0.480 e. The molecule has 10 heteroatoms. The molecular formula is C22H18BrN5O4. The Labute approximate surface area is 191 Å². The van der Waals surface area contributed by atoms with Crippen LogP contribution in [0.15, 0.2) is 64.5 Å². The molecule has 1 amide bonds. The van der Waals surface area contributed by atoms with Crippen molar-refractivity contribution in [1.82, 2.24) is 10.9 Å². The zero-order valence-corrected chi connectivity index (χ0v) is 18.2. The van der Waals surface area contributed by atoms with Gasteiger partial charge in [0.15, 0.2) is 6.23 Å². The monoisotopic (exact) mass is 495 g/mol. The van der Waals surface area contributed by atoms with Crippen molar-refractivity contribution < 1.29 is 19.4 Å². The van der Waals surface area contributed by atoms with Crippen LogP contribution in [0.2, 0.25) is 0 Å². The molecule has 0 aliphatic carbocycles. The smallest absolute Gasteiger partial charge is 0.323 e. The summed E-state index contributed by atoms with van der Waals surface area (Å²) in [6.07, 6.45) is -0.720. The molecule has 2 aromatic carbocycles. The topological polar surface area (TPSA) is 141 Å². The maximum atomic E-state index is 14.1. The van der Waals surface area contributed by atoms with Crippen LogP contribution in [-0.2, 0) is 19.7 Å². The van der Waals surface area contributed by atoms with E-state index in [1.807, 2.05) is 24.3 Å². The van der Waals surface area contributed by atoms with E-state index in [2.05, 4.69) is 32.9 Å². The van der Waals surface area contributed by atoms with E-state index in [9.17, 15) is 20.0 Å². The van der Waals surface area contributed by atoms with Gasteiger partial charge in [0.25, 0.3) is 0 Å². The Kier molecular flexibility index (Phi) is 4.70. The summed E-state index contributed by atoms with van der Waals surface area (Å²) in [6, 6.07) is 16.2. The largest absolute Gasteiger partial charge is 0.480 e. The van der Waals surface area contributed by atoms with Crippen molar-refractivity contribution in [3.63, 3.8) is 0 Å². The molecule has 0 bridgehead atoms. The SMILES string of the molecule is N#CC1=C(N)OC2NNC(c3ccc(Br)cc3)C2C12C(=O)N(CC(=O)O)c1ccccc12. The number of nitrogens with one attached hydrogen (secondary N) is 2. The number of carboxylic acid groups (broad SMARTS) is 1. The summed E-state index contributed by atoms with van der Waals surface area (Å²) in [5, 5.41) is 19.6. The number of aliphatic carboxylic acids is 1. The number of nitrogens with two attached hydrogens (primary N) is 1. The Bertz CT molecular complexity index is 1210. The number of halogens is 1. The van der Waals surface area contributed by atoms with Crippen LogP contribution in [0, 0.1) is 17.2 Å². The fourth-order valence-electron chi connectivity index (χ4n) is 5.10. The number of hydrazine groups is 1. The van der Waals surface area contributed by atoms with Crippen molar-refractivity contribution in [2.45, 2.75) is 17.7 Å². The molecule has 1 saturated heterocycles. The van der Waals surface area contributed by atoms with Gasteiger partial charge in [-0.15, -0.1) is 0 Å². The molecule has 0 radical (unpaired) electrons. The van der Waals surface area contributed by atoms with Crippen LogP contribution in [0.5, 0.6) is 0 Å². The van der Waals surface area contributed by atoms with Crippen LogP contribution in [0.1, 0.15) is 17.2 Å². The van der Waals surface area contributed by atoms with Gasteiger partial charge in [-0.1, -0.05) is 46.3 Å². The zero-order valence-electron chi connectivity index (χ0n) is 16.6. The number of ether oxygens (including phenoxy) is 1. The standard InChI is InChI=1S/C22H18BrN5O4/c23-12-7-5-11(6-8-12)18-17-20(27-26-18)32-19(25)14(9-24)22(17)13-3-1-2-4-15(13)28(21(22)31)10-16(29)30/h1-8,17-18,20,26-27H,10,25H2,(H,29,30). The van der Waals surface area contributed by atoms with Crippen molar-refractivity contribution in [2.75, 3.05) is 11.4 Å². The lowest BCUT2D eigenvalue weighted by Gasteiger charge is -2.42. The molecule has 4 atom stereocenters. The molecule has 5 N–H and O–H groups in total. The van der Waals surface area contributed by atoms with Crippen LogP contribution < -0.4 is 21.5 Å². The first-order valence-electron chi connectivity index (χ1n) is 9.86. The molecule has 1 spiro atoms. The first kappa shape index (κ1) is 20.5. The number of hydrogen-bond donors (Lipinski definition) is 4. The lowest BCUT2D eigenvalue weighted by molar-refractivity contribution is -0.137. The van der Waals surface area contributed by atoms with Crippen LogP contribution in [0.3, 0.4) is 0 Å². The van der Waals surface area contributed by atoms with Gasteiger partial charge < -0.3 is 15.6 Å². The summed E-state index contributed by atoms with van der Waals surface area (Å²) < 4.78 is 6.72. The predicted octanol–water partition coefficient (Wildman–Crippen LogP) is 1.63. The van der Waals surface area contributed by atoms with E-state index in [0.717, 1.165) is 10.0 Å². The van der Waals surface area contributed by atoms with Crippen LogP contribution in [-0.4, -0.2) is 29.8 Å². The number of amides is 1. The number of fused-ring (bicyclic) bond motifs is 4. The normalized spacial score (nSPS) is 28.3. The summed E-state index contributed by atoms with van der Waals surface area (Å²) in [5.74, 6) is -2.43. The van der Waals surface area contributed by atoms with E-state index in [0.29, 0.717) is 11.3 Å². The van der Waals surface area contributed by atoms with E-state index in [4.69, 9.17) is 10.5 Å². The molecule has 3 heterocycles. The van der Waals surface area contributed by atoms with E-state index in [-0.39, 0.29) is 11.5 Å². The van der Waals surface area contributed by atoms with Crippen LogP contribution in [0.4, 0.5) is 5.69 Å². The van der Waals surface area contributed by atoms with Crippen molar-refractivity contribution >= 4 is 33.5 Å². The van der Waals surface area contributed by atoms with Gasteiger partial charge in [-0.25, -0.2) is 10.9 Å². The molecule has 3 aliphatic heterocycles. The van der Waals surface area contributed by atoms with E-state index in [1.54, 1.807) is 24.3 Å². The average Bonchev–Trinajstić information content (AvgIpc) is 3.29. The summed E-state index contributed by atoms with van der Waals surface area (Å²) in [7, 11) is 0. The van der Waals surface area contributed by atoms with Crippen molar-refractivity contribution in [1.29, 1.82) is 5.26 Å². The summed E-state index contributed by atoms with van der Waals surface area (Å²) in [6.45, 7) is -0.530. The first-order valence-corrected chi connectivity index (χ1v) is 10.7.